The highest BCUT2D eigenvalue weighted by molar-refractivity contribution is 5.97. The summed E-state index contributed by atoms with van der Waals surface area (Å²) >= 11 is 0. The quantitative estimate of drug-likeness (QED) is 0.451. The van der Waals surface area contributed by atoms with E-state index in [1.165, 1.54) is 6.42 Å². The molecule has 0 aliphatic carbocycles. The molecule has 4 rings (SSSR count). The summed E-state index contributed by atoms with van der Waals surface area (Å²) in [7, 11) is 0. The second-order valence-electron chi connectivity index (χ2n) is 8.69. The van der Waals surface area contributed by atoms with E-state index in [1.54, 1.807) is 0 Å². The summed E-state index contributed by atoms with van der Waals surface area (Å²) in [6.07, 6.45) is 3.35. The first-order valence-electron chi connectivity index (χ1n) is 12.3. The summed E-state index contributed by atoms with van der Waals surface area (Å²) in [4.78, 5) is 28.0. The van der Waals surface area contributed by atoms with Gasteiger partial charge in [-0.05, 0) is 61.6 Å². The number of nitrogens with one attached hydrogen (secondary N) is 2. The van der Waals surface area contributed by atoms with E-state index in [-0.39, 0.29) is 11.8 Å². The zero-order chi connectivity index (χ0) is 24.5. The number of hydrogen-bond acceptors (Lipinski definition) is 4. The maximum atomic E-state index is 13.3. The van der Waals surface area contributed by atoms with E-state index in [2.05, 4.69) is 10.6 Å². The third-order valence-electron chi connectivity index (χ3n) is 6.19. The number of hydrogen-bond donors (Lipinski definition) is 2. The van der Waals surface area contributed by atoms with Crippen molar-refractivity contribution in [3.8, 4) is 5.75 Å². The molecule has 2 N–H and O–H groups in total. The molecule has 3 aromatic carbocycles. The van der Waals surface area contributed by atoms with E-state index < -0.39 is 6.04 Å². The lowest BCUT2D eigenvalue weighted by atomic mass is 10.0. The maximum absolute atomic E-state index is 13.3. The normalized spacial score (nSPS) is 14.3. The maximum Gasteiger partial charge on any atom is 0.253 e. The summed E-state index contributed by atoms with van der Waals surface area (Å²) in [6, 6.07) is 24.2. The molecular formula is C29H33N3O3. The molecule has 0 unspecified atom stereocenters. The number of para-hydroxylation sites is 2. The van der Waals surface area contributed by atoms with E-state index >= 15 is 0 Å². The molecule has 6 nitrogen and oxygen atoms in total. The van der Waals surface area contributed by atoms with Crippen molar-refractivity contribution in [2.24, 2.45) is 0 Å². The van der Waals surface area contributed by atoms with Crippen LogP contribution in [0.4, 0.5) is 5.69 Å². The van der Waals surface area contributed by atoms with Gasteiger partial charge < -0.3 is 15.0 Å². The Morgan fingerprint density at radius 1 is 0.886 bits per heavy atom. The van der Waals surface area contributed by atoms with Gasteiger partial charge in [0, 0.05) is 25.2 Å². The highest BCUT2D eigenvalue weighted by Crippen LogP contribution is 2.25. The Kier molecular flexibility index (Phi) is 8.52. The van der Waals surface area contributed by atoms with Gasteiger partial charge in [0.1, 0.15) is 11.8 Å². The van der Waals surface area contributed by atoms with Crippen LogP contribution < -0.4 is 15.4 Å². The number of rotatable bonds is 9. The number of carbonyl (C=O) groups excluding carboxylic acids is 2. The fourth-order valence-electron chi connectivity index (χ4n) is 4.33. The second kappa shape index (κ2) is 12.2. The first-order chi connectivity index (χ1) is 17.2. The van der Waals surface area contributed by atoms with E-state index in [9.17, 15) is 9.59 Å². The van der Waals surface area contributed by atoms with Crippen molar-refractivity contribution in [2.45, 2.75) is 38.8 Å². The zero-order valence-electron chi connectivity index (χ0n) is 20.2. The highest BCUT2D eigenvalue weighted by Gasteiger charge is 2.22. The zero-order valence-corrected chi connectivity index (χ0v) is 20.2. The molecule has 1 fully saturated rings. The largest absolute Gasteiger partial charge is 0.492 e. The molecule has 1 heterocycles. The summed E-state index contributed by atoms with van der Waals surface area (Å²) < 4.78 is 5.66. The third kappa shape index (κ3) is 6.49. The topological polar surface area (TPSA) is 70.7 Å². The van der Waals surface area contributed by atoms with Gasteiger partial charge in [-0.15, -0.1) is 0 Å². The van der Waals surface area contributed by atoms with Crippen LogP contribution in [-0.2, 0) is 11.3 Å². The first-order valence-corrected chi connectivity index (χ1v) is 12.3. The SMILES string of the molecule is CCOc1ccccc1NC(=O)[C@H](NCc1ccc(C(=O)N2CCCCC2)cc1)c1ccccc1. The Labute approximate surface area is 207 Å². The predicted octanol–water partition coefficient (Wildman–Crippen LogP) is 5.18. The predicted molar refractivity (Wildman–Crippen MR) is 138 cm³/mol. The van der Waals surface area contributed by atoms with Crippen LogP contribution in [0.5, 0.6) is 5.75 Å². The van der Waals surface area contributed by atoms with Gasteiger partial charge in [0.05, 0.1) is 12.3 Å². The van der Waals surface area contributed by atoms with Gasteiger partial charge in [0.15, 0.2) is 0 Å². The van der Waals surface area contributed by atoms with Gasteiger partial charge >= 0.3 is 0 Å². The molecule has 0 radical (unpaired) electrons. The molecule has 0 saturated carbocycles. The molecule has 1 saturated heterocycles. The lowest BCUT2D eigenvalue weighted by Crippen LogP contribution is -2.35. The van der Waals surface area contributed by atoms with Crippen molar-refractivity contribution in [2.75, 3.05) is 25.0 Å². The first kappa shape index (κ1) is 24.5. The Hall–Kier alpha value is -3.64. The Morgan fingerprint density at radius 2 is 1.57 bits per heavy atom. The Balaban J connectivity index is 1.45. The molecular weight excluding hydrogens is 438 g/mol. The molecule has 0 spiro atoms. The lowest BCUT2D eigenvalue weighted by Gasteiger charge is -2.26. The molecule has 182 valence electrons. The van der Waals surface area contributed by atoms with Gasteiger partial charge in [0.2, 0.25) is 5.91 Å². The minimum Gasteiger partial charge on any atom is -0.492 e. The summed E-state index contributed by atoms with van der Waals surface area (Å²) in [5, 5.41) is 6.40. The van der Waals surface area contributed by atoms with Gasteiger partial charge in [-0.2, -0.15) is 0 Å². The number of anilines is 1. The van der Waals surface area contributed by atoms with Crippen LogP contribution in [0.3, 0.4) is 0 Å². The molecule has 0 aromatic heterocycles. The highest BCUT2D eigenvalue weighted by atomic mass is 16.5. The fourth-order valence-corrected chi connectivity index (χ4v) is 4.33. The number of nitrogens with zero attached hydrogens (tertiary/aromatic N) is 1. The lowest BCUT2D eigenvalue weighted by molar-refractivity contribution is -0.118. The van der Waals surface area contributed by atoms with Gasteiger partial charge in [-0.1, -0.05) is 54.6 Å². The summed E-state index contributed by atoms with van der Waals surface area (Å²) in [5.74, 6) is 0.572. The van der Waals surface area contributed by atoms with E-state index in [0.717, 1.165) is 37.1 Å². The van der Waals surface area contributed by atoms with Gasteiger partial charge in [-0.25, -0.2) is 0 Å². The number of carbonyl (C=O) groups is 2. The monoisotopic (exact) mass is 471 g/mol. The van der Waals surface area contributed by atoms with Crippen LogP contribution in [0, 0.1) is 0 Å². The van der Waals surface area contributed by atoms with Crippen molar-refractivity contribution in [1.29, 1.82) is 0 Å². The van der Waals surface area contributed by atoms with Gasteiger partial charge in [-0.3, -0.25) is 14.9 Å². The number of likely N-dealkylation sites (tertiary alicyclic amines) is 1. The van der Waals surface area contributed by atoms with E-state index in [4.69, 9.17) is 4.74 Å². The second-order valence-corrected chi connectivity index (χ2v) is 8.69. The van der Waals surface area contributed by atoms with Crippen molar-refractivity contribution < 1.29 is 14.3 Å². The van der Waals surface area contributed by atoms with Crippen LogP contribution in [0.2, 0.25) is 0 Å². The van der Waals surface area contributed by atoms with Crippen LogP contribution in [0.1, 0.15) is 53.7 Å². The number of amides is 2. The molecule has 35 heavy (non-hydrogen) atoms. The molecule has 1 aliphatic heterocycles. The fraction of sp³-hybridized carbons (Fsp3) is 0.310. The van der Waals surface area contributed by atoms with Crippen LogP contribution in [-0.4, -0.2) is 36.4 Å². The number of piperidine rings is 1. The summed E-state index contributed by atoms with van der Waals surface area (Å²) in [6.45, 7) is 4.59. The molecule has 1 atom stereocenters. The minimum absolute atomic E-state index is 0.0960. The summed E-state index contributed by atoms with van der Waals surface area (Å²) in [5.41, 5.74) is 3.22. The van der Waals surface area contributed by atoms with Crippen LogP contribution in [0.15, 0.2) is 78.9 Å². The molecule has 1 aliphatic rings. The van der Waals surface area contributed by atoms with Crippen molar-refractivity contribution in [3.05, 3.63) is 95.6 Å². The number of ether oxygens (including phenoxy) is 1. The molecule has 6 heteroatoms. The van der Waals surface area contributed by atoms with Crippen molar-refractivity contribution in [1.82, 2.24) is 10.2 Å². The number of benzene rings is 3. The van der Waals surface area contributed by atoms with Crippen molar-refractivity contribution >= 4 is 17.5 Å². The average Bonchev–Trinajstić information content (AvgIpc) is 2.91. The molecule has 3 aromatic rings. The Morgan fingerprint density at radius 3 is 2.29 bits per heavy atom. The third-order valence-corrected chi connectivity index (χ3v) is 6.19. The standard InChI is InChI=1S/C29H33N3O3/c1-2-35-26-14-8-7-13-25(26)31-28(33)27(23-11-5-3-6-12-23)30-21-22-15-17-24(18-16-22)29(34)32-19-9-4-10-20-32/h3,5-8,11-18,27,30H,2,4,9-10,19-21H2,1H3,(H,31,33)/t27-/m1/s1. The van der Waals surface area contributed by atoms with Crippen LogP contribution >= 0.6 is 0 Å². The smallest absolute Gasteiger partial charge is 0.253 e. The Bertz CT molecular complexity index is 1110. The van der Waals surface area contributed by atoms with Crippen LogP contribution in [0.25, 0.3) is 0 Å². The minimum atomic E-state index is -0.555. The van der Waals surface area contributed by atoms with E-state index in [0.29, 0.717) is 30.2 Å². The average molecular weight is 472 g/mol. The van der Waals surface area contributed by atoms with Gasteiger partial charge in [0.25, 0.3) is 5.91 Å². The van der Waals surface area contributed by atoms with Crippen molar-refractivity contribution in [3.63, 3.8) is 0 Å². The molecule has 0 bridgehead atoms. The molecule has 2 amide bonds. The van der Waals surface area contributed by atoms with E-state index in [1.807, 2.05) is 90.7 Å².